The number of carbonyl (C=O) groups is 1. The first-order valence-electron chi connectivity index (χ1n) is 9.52. The Hall–Kier alpha value is -2.69. The molecular formula is C23H24N2O2. The van der Waals surface area contributed by atoms with Gasteiger partial charge in [0.1, 0.15) is 6.23 Å². The van der Waals surface area contributed by atoms with E-state index in [-0.39, 0.29) is 5.91 Å². The van der Waals surface area contributed by atoms with Crippen molar-refractivity contribution in [3.8, 4) is 0 Å². The fourth-order valence-electron chi connectivity index (χ4n) is 3.83. The summed E-state index contributed by atoms with van der Waals surface area (Å²) in [5.74, 6) is -0.153. The maximum Gasteiger partial charge on any atom is 0.256 e. The zero-order valence-electron chi connectivity index (χ0n) is 15.5. The molecule has 0 saturated carbocycles. The summed E-state index contributed by atoms with van der Waals surface area (Å²) in [4.78, 5) is 15.0. The molecule has 0 spiro atoms. The second-order valence-corrected chi connectivity index (χ2v) is 7.06. The predicted molar refractivity (Wildman–Crippen MR) is 109 cm³/mol. The Kier molecular flexibility index (Phi) is 4.92. The lowest BCUT2D eigenvalue weighted by Gasteiger charge is -2.21. The van der Waals surface area contributed by atoms with Crippen LogP contribution in [0, 0.1) is 0 Å². The molecule has 0 bridgehead atoms. The lowest BCUT2D eigenvalue weighted by Crippen LogP contribution is -2.23. The molecule has 27 heavy (non-hydrogen) atoms. The molecule has 1 heterocycles. The van der Waals surface area contributed by atoms with Crippen LogP contribution in [0.5, 0.6) is 0 Å². The third-order valence-corrected chi connectivity index (χ3v) is 5.26. The number of nitrogens with one attached hydrogen (secondary N) is 1. The van der Waals surface area contributed by atoms with Gasteiger partial charge in [-0.2, -0.15) is 0 Å². The standard InChI is InChI=1S/C23H24N2O2/c1-2-3-14-25-15-17-10-7-13-20(21(17)23(25)27)24-22(26)19-12-6-9-16-8-4-5-11-18(16)19/h4-13,23,27H,2-3,14-15H2,1H3,(H,24,26). The topological polar surface area (TPSA) is 52.6 Å². The molecule has 0 aromatic heterocycles. The highest BCUT2D eigenvalue weighted by molar-refractivity contribution is 6.13. The molecule has 1 atom stereocenters. The largest absolute Gasteiger partial charge is 0.374 e. The lowest BCUT2D eigenvalue weighted by atomic mass is 10.0. The average molecular weight is 360 g/mol. The molecule has 4 nitrogen and oxygen atoms in total. The second-order valence-electron chi connectivity index (χ2n) is 7.06. The van der Waals surface area contributed by atoms with Crippen LogP contribution in [0.25, 0.3) is 10.8 Å². The lowest BCUT2D eigenvalue weighted by molar-refractivity contribution is 0.0133. The van der Waals surface area contributed by atoms with Crippen LogP contribution in [-0.2, 0) is 6.54 Å². The summed E-state index contributed by atoms with van der Waals surface area (Å²) in [6, 6.07) is 19.4. The number of amides is 1. The molecule has 1 aliphatic rings. The first kappa shape index (κ1) is 17.7. The van der Waals surface area contributed by atoms with E-state index in [0.29, 0.717) is 17.8 Å². The molecule has 138 valence electrons. The molecule has 0 radical (unpaired) electrons. The maximum atomic E-state index is 13.0. The van der Waals surface area contributed by atoms with Gasteiger partial charge in [-0.15, -0.1) is 0 Å². The van der Waals surface area contributed by atoms with Crippen LogP contribution < -0.4 is 5.32 Å². The number of hydrogen-bond acceptors (Lipinski definition) is 3. The maximum absolute atomic E-state index is 13.0. The van der Waals surface area contributed by atoms with Gasteiger partial charge >= 0.3 is 0 Å². The van der Waals surface area contributed by atoms with Crippen molar-refractivity contribution in [3.63, 3.8) is 0 Å². The summed E-state index contributed by atoms with van der Waals surface area (Å²) in [5, 5.41) is 15.8. The van der Waals surface area contributed by atoms with Crippen LogP contribution >= 0.6 is 0 Å². The summed E-state index contributed by atoms with van der Waals surface area (Å²) in [7, 11) is 0. The highest BCUT2D eigenvalue weighted by Gasteiger charge is 2.30. The summed E-state index contributed by atoms with van der Waals surface area (Å²) in [6.45, 7) is 3.71. The smallest absolute Gasteiger partial charge is 0.256 e. The van der Waals surface area contributed by atoms with E-state index in [0.717, 1.165) is 41.3 Å². The van der Waals surface area contributed by atoms with E-state index < -0.39 is 6.23 Å². The molecule has 0 fully saturated rings. The number of aliphatic hydroxyl groups is 1. The van der Waals surface area contributed by atoms with E-state index in [4.69, 9.17) is 0 Å². The molecule has 2 N–H and O–H groups in total. The SMILES string of the molecule is CCCCN1Cc2cccc(NC(=O)c3cccc4ccccc34)c2C1O. The molecule has 4 rings (SSSR count). The van der Waals surface area contributed by atoms with Gasteiger partial charge in [0, 0.05) is 29.9 Å². The van der Waals surface area contributed by atoms with Crippen molar-refractivity contribution in [1.29, 1.82) is 0 Å². The van der Waals surface area contributed by atoms with Crippen LogP contribution in [0.3, 0.4) is 0 Å². The summed E-state index contributed by atoms with van der Waals surface area (Å²) >= 11 is 0. The van der Waals surface area contributed by atoms with Crippen LogP contribution in [0.4, 0.5) is 5.69 Å². The third kappa shape index (κ3) is 3.34. The summed E-state index contributed by atoms with van der Waals surface area (Å²) in [6.07, 6.45) is 1.46. The average Bonchev–Trinajstić information content (AvgIpc) is 3.02. The number of aliphatic hydroxyl groups excluding tert-OH is 1. The first-order valence-corrected chi connectivity index (χ1v) is 9.52. The number of anilines is 1. The molecule has 3 aromatic rings. The van der Waals surface area contributed by atoms with Crippen molar-refractivity contribution in [2.24, 2.45) is 0 Å². The Morgan fingerprint density at radius 2 is 1.89 bits per heavy atom. The minimum atomic E-state index is -0.671. The predicted octanol–water partition coefficient (Wildman–Crippen LogP) is 4.70. The van der Waals surface area contributed by atoms with Gasteiger partial charge in [-0.05, 0) is 34.9 Å². The monoisotopic (exact) mass is 360 g/mol. The number of benzene rings is 3. The van der Waals surface area contributed by atoms with Gasteiger partial charge in [-0.25, -0.2) is 0 Å². The molecule has 1 unspecified atom stereocenters. The third-order valence-electron chi connectivity index (χ3n) is 5.26. The van der Waals surface area contributed by atoms with Gasteiger partial charge in [0.2, 0.25) is 0 Å². The van der Waals surface area contributed by atoms with Gasteiger partial charge < -0.3 is 10.4 Å². The minimum absolute atomic E-state index is 0.153. The summed E-state index contributed by atoms with van der Waals surface area (Å²) < 4.78 is 0. The molecular weight excluding hydrogens is 336 g/mol. The van der Waals surface area contributed by atoms with Gasteiger partial charge in [-0.3, -0.25) is 9.69 Å². The zero-order valence-corrected chi connectivity index (χ0v) is 15.5. The number of unbranched alkanes of at least 4 members (excludes halogenated alkanes) is 1. The molecule has 0 aliphatic carbocycles. The van der Waals surface area contributed by atoms with Crippen molar-refractivity contribution in [1.82, 2.24) is 4.90 Å². The Morgan fingerprint density at radius 3 is 2.74 bits per heavy atom. The van der Waals surface area contributed by atoms with Crippen LogP contribution in [0.1, 0.15) is 47.5 Å². The van der Waals surface area contributed by atoms with Gasteiger partial charge in [-0.1, -0.05) is 61.9 Å². The van der Waals surface area contributed by atoms with E-state index in [1.165, 1.54) is 0 Å². The first-order chi connectivity index (χ1) is 13.2. The van der Waals surface area contributed by atoms with E-state index >= 15 is 0 Å². The van der Waals surface area contributed by atoms with E-state index in [2.05, 4.69) is 17.1 Å². The van der Waals surface area contributed by atoms with E-state index in [1.807, 2.05) is 60.7 Å². The number of nitrogens with zero attached hydrogens (tertiary/aromatic N) is 1. The Bertz CT molecular complexity index is 978. The van der Waals surface area contributed by atoms with Crippen LogP contribution in [-0.4, -0.2) is 22.5 Å². The Labute approximate surface area is 159 Å². The van der Waals surface area contributed by atoms with Crippen molar-refractivity contribution in [2.45, 2.75) is 32.5 Å². The fourth-order valence-corrected chi connectivity index (χ4v) is 3.83. The van der Waals surface area contributed by atoms with Crippen LogP contribution in [0.15, 0.2) is 60.7 Å². The van der Waals surface area contributed by atoms with Gasteiger partial charge in [0.15, 0.2) is 0 Å². The molecule has 3 aromatic carbocycles. The molecule has 4 heteroatoms. The van der Waals surface area contributed by atoms with Crippen molar-refractivity contribution >= 4 is 22.4 Å². The Morgan fingerprint density at radius 1 is 1.11 bits per heavy atom. The molecule has 1 amide bonds. The van der Waals surface area contributed by atoms with Gasteiger partial charge in [0.05, 0.1) is 0 Å². The number of hydrogen-bond donors (Lipinski definition) is 2. The Balaban J connectivity index is 1.63. The van der Waals surface area contributed by atoms with Crippen LogP contribution in [0.2, 0.25) is 0 Å². The minimum Gasteiger partial charge on any atom is -0.374 e. The second kappa shape index (κ2) is 7.51. The molecule has 0 saturated heterocycles. The zero-order chi connectivity index (χ0) is 18.8. The molecule has 1 aliphatic heterocycles. The quantitative estimate of drug-likeness (QED) is 0.693. The van der Waals surface area contributed by atoms with Crippen molar-refractivity contribution in [2.75, 3.05) is 11.9 Å². The number of fused-ring (bicyclic) bond motifs is 2. The van der Waals surface area contributed by atoms with Gasteiger partial charge in [0.25, 0.3) is 5.91 Å². The number of carbonyl (C=O) groups excluding carboxylic acids is 1. The van der Waals surface area contributed by atoms with Crippen molar-refractivity contribution < 1.29 is 9.90 Å². The van der Waals surface area contributed by atoms with E-state index in [1.54, 1.807) is 0 Å². The summed E-state index contributed by atoms with van der Waals surface area (Å²) in [5.41, 5.74) is 3.23. The highest BCUT2D eigenvalue weighted by atomic mass is 16.3. The fraction of sp³-hybridized carbons (Fsp3) is 0.261. The van der Waals surface area contributed by atoms with E-state index in [9.17, 15) is 9.90 Å². The number of rotatable bonds is 5. The highest BCUT2D eigenvalue weighted by Crippen LogP contribution is 2.37. The normalized spacial score (nSPS) is 16.4. The van der Waals surface area contributed by atoms with Crippen molar-refractivity contribution in [3.05, 3.63) is 77.4 Å².